The Kier molecular flexibility index (Phi) is 5.68. The molecule has 0 bridgehead atoms. The maximum atomic E-state index is 11.6. The first-order valence-corrected chi connectivity index (χ1v) is 6.44. The second kappa shape index (κ2) is 7.09. The van der Waals surface area contributed by atoms with Crippen LogP contribution in [0.25, 0.3) is 0 Å². The summed E-state index contributed by atoms with van der Waals surface area (Å²) in [6.07, 6.45) is 2.36. The van der Waals surface area contributed by atoms with Crippen molar-refractivity contribution in [2.24, 2.45) is 0 Å². The lowest BCUT2D eigenvalue weighted by atomic mass is 10.2. The maximum Gasteiger partial charge on any atom is 0.140 e. The standard InChI is InChI=1S/C11H14N2O2S/c1-15-5-2-6-16(14)9-10-3-4-13-11(7-10)8-12/h3-4,7H,2,5-6,9H2,1H3. The highest BCUT2D eigenvalue weighted by molar-refractivity contribution is 7.84. The highest BCUT2D eigenvalue weighted by Crippen LogP contribution is 2.05. The molecule has 0 aromatic carbocycles. The molecule has 86 valence electrons. The van der Waals surface area contributed by atoms with E-state index in [0.29, 0.717) is 23.8 Å². The minimum Gasteiger partial charge on any atom is -0.385 e. The molecule has 1 unspecified atom stereocenters. The van der Waals surface area contributed by atoms with Crippen molar-refractivity contribution in [2.45, 2.75) is 12.2 Å². The van der Waals surface area contributed by atoms with Gasteiger partial charge >= 0.3 is 0 Å². The second-order valence-electron chi connectivity index (χ2n) is 3.30. The Hall–Kier alpha value is -1.25. The Balaban J connectivity index is 2.47. The maximum absolute atomic E-state index is 11.6. The predicted molar refractivity (Wildman–Crippen MR) is 62.2 cm³/mol. The lowest BCUT2D eigenvalue weighted by Crippen LogP contribution is -2.04. The molecule has 1 atom stereocenters. The van der Waals surface area contributed by atoms with Crippen LogP contribution in [0.1, 0.15) is 17.7 Å². The van der Waals surface area contributed by atoms with Crippen LogP contribution in [-0.4, -0.2) is 28.7 Å². The van der Waals surface area contributed by atoms with Gasteiger partial charge in [-0.1, -0.05) is 0 Å². The molecule has 0 saturated carbocycles. The van der Waals surface area contributed by atoms with Gasteiger partial charge in [-0.3, -0.25) is 4.21 Å². The van der Waals surface area contributed by atoms with E-state index in [0.717, 1.165) is 12.0 Å². The van der Waals surface area contributed by atoms with E-state index in [2.05, 4.69) is 4.98 Å². The minimum atomic E-state index is -0.900. The number of nitriles is 1. The molecule has 1 rings (SSSR count). The largest absolute Gasteiger partial charge is 0.385 e. The molecule has 4 nitrogen and oxygen atoms in total. The van der Waals surface area contributed by atoms with Crippen molar-refractivity contribution < 1.29 is 8.95 Å². The van der Waals surface area contributed by atoms with E-state index >= 15 is 0 Å². The van der Waals surface area contributed by atoms with E-state index in [1.165, 1.54) is 0 Å². The average Bonchev–Trinajstić information content (AvgIpc) is 2.29. The van der Waals surface area contributed by atoms with E-state index in [-0.39, 0.29) is 0 Å². The zero-order valence-corrected chi connectivity index (χ0v) is 10.00. The van der Waals surface area contributed by atoms with Crippen LogP contribution in [-0.2, 0) is 21.3 Å². The molecule has 0 aliphatic heterocycles. The van der Waals surface area contributed by atoms with Crippen molar-refractivity contribution in [1.82, 2.24) is 4.98 Å². The summed E-state index contributed by atoms with van der Waals surface area (Å²) >= 11 is 0. The van der Waals surface area contributed by atoms with Gasteiger partial charge in [0.25, 0.3) is 0 Å². The first kappa shape index (κ1) is 12.8. The average molecular weight is 238 g/mol. The first-order valence-electron chi connectivity index (χ1n) is 4.95. The summed E-state index contributed by atoms with van der Waals surface area (Å²) in [5, 5.41) is 8.66. The quantitative estimate of drug-likeness (QED) is 0.699. The van der Waals surface area contributed by atoms with Crippen molar-refractivity contribution >= 4 is 10.8 Å². The Morgan fingerprint density at radius 1 is 1.62 bits per heavy atom. The van der Waals surface area contributed by atoms with Gasteiger partial charge in [0.15, 0.2) is 0 Å². The molecule has 0 aliphatic carbocycles. The molecule has 0 amide bonds. The van der Waals surface area contributed by atoms with Gasteiger partial charge in [0, 0.05) is 42.2 Å². The van der Waals surface area contributed by atoms with Crippen molar-refractivity contribution in [1.29, 1.82) is 5.26 Å². The summed E-state index contributed by atoms with van der Waals surface area (Å²) in [6.45, 7) is 0.630. The molecule has 0 saturated heterocycles. The fourth-order valence-electron chi connectivity index (χ4n) is 1.25. The molecular formula is C11H14N2O2S. The molecule has 1 aromatic heterocycles. The minimum absolute atomic E-state index is 0.367. The predicted octanol–water partition coefficient (Wildman–Crippen LogP) is 1.24. The Morgan fingerprint density at radius 2 is 2.44 bits per heavy atom. The number of methoxy groups -OCH3 is 1. The SMILES string of the molecule is COCCCS(=O)Cc1ccnc(C#N)c1. The fraction of sp³-hybridized carbons (Fsp3) is 0.455. The van der Waals surface area contributed by atoms with Gasteiger partial charge in [-0.05, 0) is 24.1 Å². The van der Waals surface area contributed by atoms with Crippen LogP contribution < -0.4 is 0 Å². The molecule has 1 aromatic rings. The van der Waals surface area contributed by atoms with Crippen molar-refractivity contribution in [3.8, 4) is 6.07 Å². The summed E-state index contributed by atoms with van der Waals surface area (Å²) in [5.41, 5.74) is 1.26. The van der Waals surface area contributed by atoms with Gasteiger partial charge in [0.1, 0.15) is 11.8 Å². The number of hydrogen-bond acceptors (Lipinski definition) is 4. The monoisotopic (exact) mass is 238 g/mol. The number of pyridine rings is 1. The van der Waals surface area contributed by atoms with Crippen molar-refractivity contribution in [2.75, 3.05) is 19.5 Å². The fourth-order valence-corrected chi connectivity index (χ4v) is 2.38. The third-order valence-electron chi connectivity index (χ3n) is 1.99. The topological polar surface area (TPSA) is 63.0 Å². The summed E-state index contributed by atoms with van der Waals surface area (Å²) in [7, 11) is 0.730. The van der Waals surface area contributed by atoms with Crippen molar-refractivity contribution in [3.63, 3.8) is 0 Å². The lowest BCUT2D eigenvalue weighted by Gasteiger charge is -2.02. The molecule has 5 heteroatoms. The van der Waals surface area contributed by atoms with Crippen LogP contribution in [0, 0.1) is 11.3 Å². The zero-order valence-electron chi connectivity index (χ0n) is 9.18. The number of aromatic nitrogens is 1. The first-order chi connectivity index (χ1) is 7.76. The smallest absolute Gasteiger partial charge is 0.140 e. The van der Waals surface area contributed by atoms with Crippen LogP contribution in [0.2, 0.25) is 0 Å². The molecule has 1 heterocycles. The van der Waals surface area contributed by atoms with Gasteiger partial charge in [0.05, 0.1) is 0 Å². The molecule has 0 N–H and O–H groups in total. The van der Waals surface area contributed by atoms with E-state index in [1.807, 2.05) is 6.07 Å². The Morgan fingerprint density at radius 3 is 3.12 bits per heavy atom. The second-order valence-corrected chi connectivity index (χ2v) is 4.87. The zero-order chi connectivity index (χ0) is 11.8. The molecule has 16 heavy (non-hydrogen) atoms. The van der Waals surface area contributed by atoms with Crippen LogP contribution in [0.4, 0.5) is 0 Å². The third-order valence-corrected chi connectivity index (χ3v) is 3.39. The number of rotatable bonds is 6. The Bertz CT molecular complexity index is 401. The van der Waals surface area contributed by atoms with Crippen molar-refractivity contribution in [3.05, 3.63) is 29.6 Å². The molecule has 0 radical (unpaired) electrons. The Labute approximate surface area is 97.7 Å². The number of ether oxygens (including phenoxy) is 1. The number of hydrogen-bond donors (Lipinski definition) is 0. The van der Waals surface area contributed by atoms with E-state index in [1.54, 1.807) is 25.4 Å². The molecule has 0 spiro atoms. The third kappa shape index (κ3) is 4.51. The highest BCUT2D eigenvalue weighted by Gasteiger charge is 2.03. The van der Waals surface area contributed by atoms with E-state index in [4.69, 9.17) is 10.00 Å². The van der Waals surface area contributed by atoms with Gasteiger partial charge < -0.3 is 4.74 Å². The van der Waals surface area contributed by atoms with Gasteiger partial charge in [-0.2, -0.15) is 5.26 Å². The molecular weight excluding hydrogens is 224 g/mol. The van der Waals surface area contributed by atoms with Gasteiger partial charge in [-0.25, -0.2) is 4.98 Å². The van der Waals surface area contributed by atoms with Gasteiger partial charge in [0.2, 0.25) is 0 Å². The molecule has 0 fully saturated rings. The van der Waals surface area contributed by atoms with Gasteiger partial charge in [-0.15, -0.1) is 0 Å². The van der Waals surface area contributed by atoms with E-state index < -0.39 is 10.8 Å². The summed E-state index contributed by atoms with van der Waals surface area (Å²) in [4.78, 5) is 3.86. The lowest BCUT2D eigenvalue weighted by molar-refractivity contribution is 0.200. The highest BCUT2D eigenvalue weighted by atomic mass is 32.2. The summed E-state index contributed by atoms with van der Waals surface area (Å²) < 4.78 is 16.5. The number of nitrogens with zero attached hydrogens (tertiary/aromatic N) is 2. The van der Waals surface area contributed by atoms with Crippen LogP contribution in [0.5, 0.6) is 0 Å². The normalized spacial score (nSPS) is 12.0. The summed E-state index contributed by atoms with van der Waals surface area (Å²) in [6, 6.07) is 5.42. The van der Waals surface area contributed by atoms with E-state index in [9.17, 15) is 4.21 Å². The summed E-state index contributed by atoms with van der Waals surface area (Å²) in [5.74, 6) is 1.10. The van der Waals surface area contributed by atoms with Crippen LogP contribution >= 0.6 is 0 Å². The van der Waals surface area contributed by atoms with Crippen LogP contribution in [0.15, 0.2) is 18.3 Å². The molecule has 0 aliphatic rings. The van der Waals surface area contributed by atoms with Crippen LogP contribution in [0.3, 0.4) is 0 Å².